The number of hydrogen-bond acceptors (Lipinski definition) is 5. The Kier molecular flexibility index (Phi) is 6.18. The number of aromatic hydroxyl groups is 1. The largest absolute Gasteiger partial charge is 0.505 e. The van der Waals surface area contributed by atoms with Crippen LogP contribution in [0.2, 0.25) is 0 Å². The molecule has 3 aromatic rings. The fourth-order valence-electron chi connectivity index (χ4n) is 2.72. The number of aromatic nitrogens is 1. The molecule has 3 rings (SSSR count). The van der Waals surface area contributed by atoms with Crippen LogP contribution >= 0.6 is 0 Å². The van der Waals surface area contributed by atoms with Gasteiger partial charge < -0.3 is 15.5 Å². The zero-order chi connectivity index (χ0) is 19.1. The molecule has 5 nitrogen and oxygen atoms in total. The normalized spacial score (nSPS) is 11.0. The molecule has 0 saturated heterocycles. The molecule has 0 radical (unpaired) electrons. The lowest BCUT2D eigenvalue weighted by atomic mass is 10.1. The molecule has 1 heterocycles. The van der Waals surface area contributed by atoms with Crippen molar-refractivity contribution in [1.29, 1.82) is 0 Å². The van der Waals surface area contributed by atoms with E-state index in [0.29, 0.717) is 16.8 Å². The number of nitrogens with zero attached hydrogens (tertiary/aromatic N) is 2. The molecule has 0 atom stereocenters. The molecule has 27 heavy (non-hydrogen) atoms. The van der Waals surface area contributed by atoms with Gasteiger partial charge in [-0.15, -0.1) is 0 Å². The van der Waals surface area contributed by atoms with Gasteiger partial charge in [0.15, 0.2) is 0 Å². The third-order valence-corrected chi connectivity index (χ3v) is 4.32. The van der Waals surface area contributed by atoms with Gasteiger partial charge in [0.2, 0.25) is 0 Å². The maximum Gasteiger partial charge on any atom is 0.145 e. The maximum atomic E-state index is 10.1. The first-order valence-corrected chi connectivity index (χ1v) is 8.87. The summed E-state index contributed by atoms with van der Waals surface area (Å²) in [7, 11) is 0. The molecule has 0 saturated carbocycles. The zero-order valence-corrected chi connectivity index (χ0v) is 15.3. The fraction of sp³-hybridized carbons (Fsp3) is 0.182. The van der Waals surface area contributed by atoms with Crippen molar-refractivity contribution >= 4 is 17.6 Å². The lowest BCUT2D eigenvalue weighted by Crippen LogP contribution is -2.04. The quantitative estimate of drug-likeness (QED) is 0.556. The van der Waals surface area contributed by atoms with Crippen LogP contribution in [-0.4, -0.2) is 28.0 Å². The van der Waals surface area contributed by atoms with Crippen LogP contribution in [0.4, 0.5) is 11.4 Å². The highest BCUT2D eigenvalue weighted by molar-refractivity contribution is 5.87. The molecule has 3 N–H and O–H groups in total. The summed E-state index contributed by atoms with van der Waals surface area (Å²) in [6.07, 6.45) is 4.08. The van der Waals surface area contributed by atoms with E-state index in [1.54, 1.807) is 19.3 Å². The molecular formula is C22H23N3O2. The molecule has 0 aliphatic heterocycles. The van der Waals surface area contributed by atoms with Crippen molar-refractivity contribution in [2.75, 3.05) is 11.9 Å². The molecule has 1 aromatic heterocycles. The maximum absolute atomic E-state index is 10.1. The Hall–Kier alpha value is -3.18. The Morgan fingerprint density at radius 3 is 2.52 bits per heavy atom. The van der Waals surface area contributed by atoms with Crippen molar-refractivity contribution in [1.82, 2.24) is 4.98 Å². The Labute approximate surface area is 159 Å². The van der Waals surface area contributed by atoms with Crippen molar-refractivity contribution in [3.05, 3.63) is 83.2 Å². The van der Waals surface area contributed by atoms with Gasteiger partial charge in [-0.05, 0) is 43.2 Å². The van der Waals surface area contributed by atoms with E-state index in [2.05, 4.69) is 27.4 Å². The van der Waals surface area contributed by atoms with Crippen LogP contribution < -0.4 is 5.32 Å². The summed E-state index contributed by atoms with van der Waals surface area (Å²) < 4.78 is 0. The molecule has 0 spiro atoms. The summed E-state index contributed by atoms with van der Waals surface area (Å²) in [6.45, 7) is 2.37. The number of aliphatic hydroxyl groups is 1. The van der Waals surface area contributed by atoms with Gasteiger partial charge in [-0.3, -0.25) is 9.98 Å². The second-order valence-corrected chi connectivity index (χ2v) is 6.26. The summed E-state index contributed by atoms with van der Waals surface area (Å²) in [5.74, 6) is 0.0458. The van der Waals surface area contributed by atoms with Gasteiger partial charge in [-0.25, -0.2) is 0 Å². The number of rotatable bonds is 7. The van der Waals surface area contributed by atoms with Gasteiger partial charge >= 0.3 is 0 Å². The van der Waals surface area contributed by atoms with Crippen molar-refractivity contribution in [3.63, 3.8) is 0 Å². The van der Waals surface area contributed by atoms with Gasteiger partial charge in [0.05, 0.1) is 18.0 Å². The third kappa shape index (κ3) is 4.92. The second kappa shape index (κ2) is 8.96. The van der Waals surface area contributed by atoms with Crippen molar-refractivity contribution in [3.8, 4) is 5.75 Å². The van der Waals surface area contributed by atoms with Crippen LogP contribution in [0.3, 0.4) is 0 Å². The fourth-order valence-corrected chi connectivity index (χ4v) is 2.72. The lowest BCUT2D eigenvalue weighted by Gasteiger charge is -2.08. The van der Waals surface area contributed by atoms with Crippen LogP contribution in [0.15, 0.2) is 65.8 Å². The minimum Gasteiger partial charge on any atom is -0.505 e. The number of pyridine rings is 1. The highest BCUT2D eigenvalue weighted by atomic mass is 16.3. The van der Waals surface area contributed by atoms with E-state index in [4.69, 9.17) is 0 Å². The molecule has 0 amide bonds. The number of aliphatic hydroxyl groups excluding tert-OH is 1. The predicted octanol–water partition coefficient (Wildman–Crippen LogP) is 3.99. The molecule has 5 heteroatoms. The molecular weight excluding hydrogens is 338 g/mol. The van der Waals surface area contributed by atoms with E-state index in [1.165, 1.54) is 5.56 Å². The first-order valence-electron chi connectivity index (χ1n) is 8.87. The molecule has 2 aromatic carbocycles. The van der Waals surface area contributed by atoms with Crippen LogP contribution in [0.25, 0.3) is 0 Å². The number of nitrogens with one attached hydrogen (secondary N) is 1. The second-order valence-electron chi connectivity index (χ2n) is 6.26. The Bertz CT molecular complexity index is 907. The van der Waals surface area contributed by atoms with Gasteiger partial charge in [0, 0.05) is 35.8 Å². The molecule has 0 aliphatic rings. The summed E-state index contributed by atoms with van der Waals surface area (Å²) in [5, 5.41) is 23.0. The number of benzene rings is 2. The van der Waals surface area contributed by atoms with Crippen molar-refractivity contribution in [2.45, 2.75) is 20.0 Å². The van der Waals surface area contributed by atoms with Crippen molar-refractivity contribution in [2.24, 2.45) is 4.99 Å². The van der Waals surface area contributed by atoms with Crippen LogP contribution in [0, 0.1) is 6.92 Å². The van der Waals surface area contributed by atoms with E-state index < -0.39 is 0 Å². The highest BCUT2D eigenvalue weighted by Gasteiger charge is 2.09. The van der Waals surface area contributed by atoms with Gasteiger partial charge in [-0.1, -0.05) is 30.3 Å². The molecule has 138 valence electrons. The molecule has 0 bridgehead atoms. The minimum atomic E-state index is -0.202. The number of hydrogen-bond donors (Lipinski definition) is 3. The monoisotopic (exact) mass is 361 g/mol. The SMILES string of the molecule is Cc1ncc(CO)c(C=Nc2ccc(NCCc3ccccc3)cc2)c1O. The van der Waals surface area contributed by atoms with E-state index in [-0.39, 0.29) is 12.4 Å². The summed E-state index contributed by atoms with van der Waals surface area (Å²) in [6, 6.07) is 18.1. The molecule has 0 unspecified atom stereocenters. The average molecular weight is 361 g/mol. The Balaban J connectivity index is 1.62. The lowest BCUT2D eigenvalue weighted by molar-refractivity contribution is 0.280. The third-order valence-electron chi connectivity index (χ3n) is 4.32. The van der Waals surface area contributed by atoms with E-state index in [1.807, 2.05) is 42.5 Å². The Morgan fingerprint density at radius 1 is 1.07 bits per heavy atom. The van der Waals surface area contributed by atoms with Crippen LogP contribution in [0.5, 0.6) is 5.75 Å². The predicted molar refractivity (Wildman–Crippen MR) is 109 cm³/mol. The standard InChI is InChI=1S/C22H23N3O2/c1-16-22(27)21(18(15-26)13-24-16)14-25-20-9-7-19(8-10-20)23-12-11-17-5-3-2-4-6-17/h2-10,13-14,23,26-27H,11-12,15H2,1H3. The van der Waals surface area contributed by atoms with Crippen LogP contribution in [-0.2, 0) is 13.0 Å². The minimum absolute atomic E-state index is 0.0458. The van der Waals surface area contributed by atoms with E-state index >= 15 is 0 Å². The van der Waals surface area contributed by atoms with Gasteiger partial charge in [-0.2, -0.15) is 0 Å². The van der Waals surface area contributed by atoms with Crippen molar-refractivity contribution < 1.29 is 10.2 Å². The number of anilines is 1. The zero-order valence-electron chi connectivity index (χ0n) is 15.3. The number of aliphatic imine (C=N–C) groups is 1. The van der Waals surface area contributed by atoms with E-state index in [9.17, 15) is 10.2 Å². The first kappa shape index (κ1) is 18.6. The molecule has 0 fully saturated rings. The van der Waals surface area contributed by atoms with E-state index in [0.717, 1.165) is 24.3 Å². The smallest absolute Gasteiger partial charge is 0.145 e. The first-order chi connectivity index (χ1) is 13.2. The topological polar surface area (TPSA) is 77.7 Å². The van der Waals surface area contributed by atoms with Crippen LogP contribution in [0.1, 0.15) is 22.4 Å². The molecule has 0 aliphatic carbocycles. The summed E-state index contributed by atoms with van der Waals surface area (Å²) in [5.41, 5.74) is 4.64. The number of aryl methyl sites for hydroxylation is 1. The Morgan fingerprint density at radius 2 is 1.81 bits per heavy atom. The van der Waals surface area contributed by atoms with Gasteiger partial charge in [0.1, 0.15) is 5.75 Å². The van der Waals surface area contributed by atoms with Gasteiger partial charge in [0.25, 0.3) is 0 Å². The highest BCUT2D eigenvalue weighted by Crippen LogP contribution is 2.23. The average Bonchev–Trinajstić information content (AvgIpc) is 2.71. The summed E-state index contributed by atoms with van der Waals surface area (Å²) in [4.78, 5) is 8.45. The summed E-state index contributed by atoms with van der Waals surface area (Å²) >= 11 is 0.